The van der Waals surface area contributed by atoms with Gasteiger partial charge in [0.25, 0.3) is 5.91 Å². The molecule has 1 saturated heterocycles. The molecule has 3 aromatic rings. The summed E-state index contributed by atoms with van der Waals surface area (Å²) >= 11 is 0. The van der Waals surface area contributed by atoms with Crippen LogP contribution in [0.4, 0.5) is 0 Å². The molecule has 0 unspecified atom stereocenters. The van der Waals surface area contributed by atoms with E-state index >= 15 is 0 Å². The fraction of sp³-hybridized carbons (Fsp3) is 0.346. The van der Waals surface area contributed by atoms with Gasteiger partial charge in [-0.05, 0) is 48.2 Å². The molecule has 2 fully saturated rings. The van der Waals surface area contributed by atoms with Crippen LogP contribution in [0.5, 0.6) is 0 Å². The van der Waals surface area contributed by atoms with Crippen molar-refractivity contribution >= 4 is 32.6 Å². The Morgan fingerprint density at radius 1 is 0.944 bits per heavy atom. The van der Waals surface area contributed by atoms with E-state index in [9.17, 15) is 23.3 Å². The van der Waals surface area contributed by atoms with Gasteiger partial charge in [-0.3, -0.25) is 9.59 Å². The minimum atomic E-state index is -3.29. The van der Waals surface area contributed by atoms with Crippen LogP contribution in [0, 0.1) is 11.3 Å². The van der Waals surface area contributed by atoms with Gasteiger partial charge in [0.2, 0.25) is 5.91 Å². The van der Waals surface area contributed by atoms with Crippen LogP contribution in [-0.2, 0) is 19.4 Å². The van der Waals surface area contributed by atoms with Crippen LogP contribution in [0.1, 0.15) is 36.2 Å². The number of ether oxygens (including phenoxy) is 1. The van der Waals surface area contributed by atoms with Crippen LogP contribution >= 0.6 is 0 Å². The third-order valence-corrected chi connectivity index (χ3v) is 7.94. The highest BCUT2D eigenvalue weighted by Crippen LogP contribution is 2.36. The van der Waals surface area contributed by atoms with E-state index in [1.165, 1.54) is 0 Å². The zero-order chi connectivity index (χ0) is 25.6. The second-order valence-corrected chi connectivity index (χ2v) is 11.5. The first-order chi connectivity index (χ1) is 17.1. The molecule has 0 bridgehead atoms. The lowest BCUT2D eigenvalue weighted by atomic mass is 9.88. The summed E-state index contributed by atoms with van der Waals surface area (Å²) in [7, 11) is -3.29. The van der Waals surface area contributed by atoms with Gasteiger partial charge in [0.1, 0.15) is 16.7 Å². The maximum absolute atomic E-state index is 13.2. The zero-order valence-electron chi connectivity index (χ0n) is 19.7. The molecule has 1 aliphatic carbocycles. The molecule has 2 N–H and O–H groups in total. The predicted molar refractivity (Wildman–Crippen MR) is 131 cm³/mol. The highest BCUT2D eigenvalue weighted by atomic mass is 32.2. The number of furan rings is 1. The minimum Gasteiger partial charge on any atom is -0.451 e. The number of nitrogens with zero attached hydrogens (tertiary/aromatic N) is 1. The molecule has 2 aliphatic rings. The predicted octanol–water partition coefficient (Wildman–Crippen LogP) is 2.95. The molecule has 10 heteroatoms. The lowest BCUT2D eigenvalue weighted by Gasteiger charge is -2.36. The maximum atomic E-state index is 13.2. The van der Waals surface area contributed by atoms with Crippen molar-refractivity contribution in [2.24, 2.45) is 0 Å². The molecule has 0 radical (unpaired) electrons. The van der Waals surface area contributed by atoms with Gasteiger partial charge in [-0.1, -0.05) is 24.3 Å². The zero-order valence-corrected chi connectivity index (χ0v) is 20.5. The van der Waals surface area contributed by atoms with E-state index in [-0.39, 0.29) is 16.6 Å². The number of carbonyl (C=O) groups excluding carboxylic acids is 2. The molecule has 186 valence electrons. The quantitative estimate of drug-likeness (QED) is 0.523. The number of nitriles is 1. The maximum Gasteiger partial charge on any atom is 0.287 e. The Kier molecular flexibility index (Phi) is 5.85. The Balaban J connectivity index is 1.38. The Labute approximate surface area is 208 Å². The largest absolute Gasteiger partial charge is 0.451 e. The molecular weight excluding hydrogens is 482 g/mol. The second-order valence-electron chi connectivity index (χ2n) is 9.46. The van der Waals surface area contributed by atoms with E-state index in [2.05, 4.69) is 16.7 Å². The van der Waals surface area contributed by atoms with E-state index in [0.29, 0.717) is 49.9 Å². The lowest BCUT2D eigenvalue weighted by molar-refractivity contribution is -0.131. The van der Waals surface area contributed by atoms with E-state index in [0.717, 1.165) is 17.4 Å². The Hall–Kier alpha value is -3.68. The van der Waals surface area contributed by atoms with Gasteiger partial charge in [-0.25, -0.2) is 8.42 Å². The standard InChI is InChI=1S/C26H25N3O6S/c1-36(32,33)20-6-4-17(5-7-20)18-2-3-19-15-22(35-21(19)14-18)23(30)28-26(10-12-34-13-11-26)24(31)29-25(16-27)8-9-25/h2-7,14-15H,8-13H2,1H3,(H,28,30)(H,29,31). The lowest BCUT2D eigenvalue weighted by Crippen LogP contribution is -2.62. The number of benzene rings is 2. The van der Waals surface area contributed by atoms with Gasteiger partial charge in [-0.2, -0.15) is 5.26 Å². The Bertz CT molecular complexity index is 1490. The average molecular weight is 508 g/mol. The molecular formula is C26H25N3O6S. The summed E-state index contributed by atoms with van der Waals surface area (Å²) in [5, 5.41) is 15.7. The smallest absolute Gasteiger partial charge is 0.287 e. The van der Waals surface area contributed by atoms with Gasteiger partial charge >= 0.3 is 0 Å². The van der Waals surface area contributed by atoms with Crippen LogP contribution in [0.2, 0.25) is 0 Å². The monoisotopic (exact) mass is 507 g/mol. The first-order valence-corrected chi connectivity index (χ1v) is 13.5. The number of rotatable bonds is 6. The number of amides is 2. The van der Waals surface area contributed by atoms with E-state index in [4.69, 9.17) is 9.15 Å². The SMILES string of the molecule is CS(=O)(=O)c1ccc(-c2ccc3cc(C(=O)NC4(C(=O)NC5(C#N)CC5)CCOCC4)oc3c2)cc1. The second kappa shape index (κ2) is 8.76. The molecule has 2 aromatic carbocycles. The summed E-state index contributed by atoms with van der Waals surface area (Å²) < 4.78 is 34.7. The molecule has 5 rings (SSSR count). The van der Waals surface area contributed by atoms with Gasteiger partial charge < -0.3 is 19.8 Å². The van der Waals surface area contributed by atoms with Gasteiger partial charge in [-0.15, -0.1) is 0 Å². The normalized spacial score (nSPS) is 18.2. The van der Waals surface area contributed by atoms with Crippen LogP contribution in [0.25, 0.3) is 22.1 Å². The number of carbonyl (C=O) groups is 2. The van der Waals surface area contributed by atoms with Crippen LogP contribution < -0.4 is 10.6 Å². The molecule has 2 amide bonds. The highest BCUT2D eigenvalue weighted by molar-refractivity contribution is 7.90. The van der Waals surface area contributed by atoms with Crippen molar-refractivity contribution in [3.05, 3.63) is 54.3 Å². The van der Waals surface area contributed by atoms with Crippen molar-refractivity contribution in [3.63, 3.8) is 0 Å². The number of sulfone groups is 1. The summed E-state index contributed by atoms with van der Waals surface area (Å²) in [6.07, 6.45) is 2.93. The van der Waals surface area contributed by atoms with Crippen LogP contribution in [0.15, 0.2) is 57.8 Å². The summed E-state index contributed by atoms with van der Waals surface area (Å²) in [6.45, 7) is 0.629. The summed E-state index contributed by atoms with van der Waals surface area (Å²) in [6, 6.07) is 15.7. The number of hydrogen-bond donors (Lipinski definition) is 2. The molecule has 2 heterocycles. The van der Waals surface area contributed by atoms with Crippen molar-refractivity contribution in [2.45, 2.75) is 41.7 Å². The molecule has 1 aliphatic heterocycles. The number of nitrogens with one attached hydrogen (secondary N) is 2. The first-order valence-electron chi connectivity index (χ1n) is 11.6. The fourth-order valence-corrected chi connectivity index (χ4v) is 4.98. The van der Waals surface area contributed by atoms with E-state index in [1.54, 1.807) is 36.4 Å². The Morgan fingerprint density at radius 3 is 2.22 bits per heavy atom. The highest BCUT2D eigenvalue weighted by Gasteiger charge is 2.50. The fourth-order valence-electron chi connectivity index (χ4n) is 4.35. The third kappa shape index (κ3) is 4.59. The topological polar surface area (TPSA) is 138 Å². The van der Waals surface area contributed by atoms with Crippen molar-refractivity contribution in [3.8, 4) is 17.2 Å². The minimum absolute atomic E-state index is 0.0645. The summed E-state index contributed by atoms with van der Waals surface area (Å²) in [5.74, 6) is -0.840. The van der Waals surface area contributed by atoms with Crippen molar-refractivity contribution < 1.29 is 27.2 Å². The van der Waals surface area contributed by atoms with E-state index < -0.39 is 26.8 Å². The first kappa shape index (κ1) is 24.0. The third-order valence-electron chi connectivity index (χ3n) is 6.81. The van der Waals surface area contributed by atoms with Crippen molar-refractivity contribution in [2.75, 3.05) is 19.5 Å². The number of hydrogen-bond acceptors (Lipinski definition) is 7. The molecule has 1 saturated carbocycles. The molecule has 0 spiro atoms. The van der Waals surface area contributed by atoms with Gasteiger partial charge in [0, 0.05) is 37.7 Å². The average Bonchev–Trinajstić information content (AvgIpc) is 3.51. The van der Waals surface area contributed by atoms with Gasteiger partial charge in [0.05, 0.1) is 11.0 Å². The summed E-state index contributed by atoms with van der Waals surface area (Å²) in [4.78, 5) is 26.6. The van der Waals surface area contributed by atoms with Crippen LogP contribution in [0.3, 0.4) is 0 Å². The molecule has 1 aromatic heterocycles. The molecule has 9 nitrogen and oxygen atoms in total. The van der Waals surface area contributed by atoms with Crippen LogP contribution in [-0.4, -0.2) is 50.8 Å². The summed E-state index contributed by atoms with van der Waals surface area (Å²) in [5.41, 5.74) is 0.0542. The Morgan fingerprint density at radius 2 is 1.61 bits per heavy atom. The van der Waals surface area contributed by atoms with Crippen molar-refractivity contribution in [1.29, 1.82) is 5.26 Å². The molecule has 0 atom stereocenters. The van der Waals surface area contributed by atoms with E-state index in [1.807, 2.05) is 12.1 Å². The molecule has 36 heavy (non-hydrogen) atoms. The van der Waals surface area contributed by atoms with Gasteiger partial charge in [0.15, 0.2) is 15.6 Å². The van der Waals surface area contributed by atoms with Crippen molar-refractivity contribution in [1.82, 2.24) is 10.6 Å². The number of fused-ring (bicyclic) bond motifs is 1.